The number of anilines is 2. The van der Waals surface area contributed by atoms with Crippen LogP contribution in [0.4, 0.5) is 11.4 Å². The van der Waals surface area contributed by atoms with Crippen LogP contribution in [0.3, 0.4) is 0 Å². The second kappa shape index (κ2) is 9.40. The van der Waals surface area contributed by atoms with Crippen molar-refractivity contribution in [2.75, 3.05) is 15.9 Å². The van der Waals surface area contributed by atoms with Crippen LogP contribution in [-0.4, -0.2) is 29.3 Å². The molecule has 2 N–H and O–H groups in total. The van der Waals surface area contributed by atoms with E-state index in [-0.39, 0.29) is 12.1 Å². The molecule has 0 saturated carbocycles. The lowest BCUT2D eigenvalue weighted by Crippen LogP contribution is -2.30. The van der Waals surface area contributed by atoms with Crippen LogP contribution < -0.4 is 14.9 Å². The molecule has 1 fully saturated rings. The molecule has 2 aromatic heterocycles. The van der Waals surface area contributed by atoms with Gasteiger partial charge in [0.15, 0.2) is 5.11 Å². The smallest absolute Gasteiger partial charge is 0.229 e. The SMILES string of the molecule is Cc1ccc(-n2cccc2[C@@H]2[C@@H](c3ccccn3)NC(=S)N2c2ccc(NS(C)(=O)=O)cc2)cc1C. The van der Waals surface area contributed by atoms with Gasteiger partial charge in [-0.2, -0.15) is 0 Å². The molecule has 0 aliphatic carbocycles. The zero-order valence-corrected chi connectivity index (χ0v) is 21.8. The van der Waals surface area contributed by atoms with E-state index in [0.717, 1.165) is 29.0 Å². The highest BCUT2D eigenvalue weighted by atomic mass is 32.2. The topological polar surface area (TPSA) is 79.3 Å². The zero-order chi connectivity index (χ0) is 25.4. The van der Waals surface area contributed by atoms with E-state index in [2.05, 4.69) is 68.8 Å². The summed E-state index contributed by atoms with van der Waals surface area (Å²) in [5.41, 5.74) is 6.82. The average molecular weight is 518 g/mol. The Kier molecular flexibility index (Phi) is 6.27. The monoisotopic (exact) mass is 517 g/mol. The number of aromatic nitrogens is 2. The predicted molar refractivity (Wildman–Crippen MR) is 148 cm³/mol. The quantitative estimate of drug-likeness (QED) is 0.349. The Balaban J connectivity index is 1.61. The molecule has 2 aromatic carbocycles. The Hall–Kier alpha value is -3.69. The molecular weight excluding hydrogens is 490 g/mol. The van der Waals surface area contributed by atoms with Gasteiger partial charge in [-0.3, -0.25) is 9.71 Å². The number of nitrogens with zero attached hydrogens (tertiary/aromatic N) is 3. The van der Waals surface area contributed by atoms with E-state index >= 15 is 0 Å². The molecule has 0 radical (unpaired) electrons. The summed E-state index contributed by atoms with van der Waals surface area (Å²) < 4.78 is 28.0. The van der Waals surface area contributed by atoms with Crippen molar-refractivity contribution in [3.05, 3.63) is 108 Å². The summed E-state index contributed by atoms with van der Waals surface area (Å²) >= 11 is 5.84. The number of benzene rings is 2. The summed E-state index contributed by atoms with van der Waals surface area (Å²) in [6.07, 6.45) is 4.98. The molecule has 7 nitrogen and oxygen atoms in total. The highest BCUT2D eigenvalue weighted by molar-refractivity contribution is 7.92. The lowest BCUT2D eigenvalue weighted by atomic mass is 10.0. The number of hydrogen-bond acceptors (Lipinski definition) is 4. The van der Waals surface area contributed by atoms with Gasteiger partial charge in [0.25, 0.3) is 0 Å². The third-order valence-electron chi connectivity index (χ3n) is 6.40. The van der Waals surface area contributed by atoms with Crippen molar-refractivity contribution >= 4 is 38.7 Å². The molecule has 3 heterocycles. The number of pyridine rings is 1. The molecule has 4 aromatic rings. The zero-order valence-electron chi connectivity index (χ0n) is 20.2. The standard InChI is InChI=1S/C27H27N5O2S2/c1-18-9-12-22(17-19(18)2)31-16-6-8-24(31)26-25(23-7-4-5-15-28-23)29-27(35)32(26)21-13-10-20(11-14-21)30-36(3,33)34/h4-17,25-26,30H,1-3H3,(H,29,35)/t25-,26-/m1/s1. The van der Waals surface area contributed by atoms with Gasteiger partial charge in [0, 0.05) is 35.1 Å². The molecule has 36 heavy (non-hydrogen) atoms. The van der Waals surface area contributed by atoms with Crippen LogP contribution in [0.1, 0.15) is 34.6 Å². The van der Waals surface area contributed by atoms with Crippen LogP contribution in [0.25, 0.3) is 5.69 Å². The van der Waals surface area contributed by atoms with Gasteiger partial charge in [0.2, 0.25) is 10.0 Å². The molecule has 0 unspecified atom stereocenters. The van der Waals surface area contributed by atoms with Gasteiger partial charge >= 0.3 is 0 Å². The molecule has 1 aliphatic rings. The van der Waals surface area contributed by atoms with Crippen molar-refractivity contribution < 1.29 is 8.42 Å². The van der Waals surface area contributed by atoms with Gasteiger partial charge in [-0.25, -0.2) is 8.42 Å². The van der Waals surface area contributed by atoms with E-state index in [1.807, 2.05) is 36.4 Å². The molecule has 0 amide bonds. The summed E-state index contributed by atoms with van der Waals surface area (Å²) in [5.74, 6) is 0. The number of hydrogen-bond donors (Lipinski definition) is 2. The number of nitrogens with one attached hydrogen (secondary N) is 2. The maximum absolute atomic E-state index is 11.7. The lowest BCUT2D eigenvalue weighted by Gasteiger charge is -2.29. The molecule has 9 heteroatoms. The van der Waals surface area contributed by atoms with Crippen molar-refractivity contribution in [2.45, 2.75) is 25.9 Å². The first-order valence-corrected chi connectivity index (χ1v) is 13.8. The fourth-order valence-electron chi connectivity index (χ4n) is 4.58. The highest BCUT2D eigenvalue weighted by Crippen LogP contribution is 2.42. The Bertz CT molecular complexity index is 1520. The Morgan fingerprint density at radius 3 is 2.36 bits per heavy atom. The molecule has 1 aliphatic heterocycles. The molecule has 0 bridgehead atoms. The van der Waals surface area contributed by atoms with Gasteiger partial charge in [0.1, 0.15) is 6.04 Å². The Morgan fingerprint density at radius 1 is 0.944 bits per heavy atom. The minimum atomic E-state index is -3.37. The van der Waals surface area contributed by atoms with Gasteiger partial charge < -0.3 is 14.8 Å². The van der Waals surface area contributed by atoms with Gasteiger partial charge in [-0.05, 0) is 97.9 Å². The van der Waals surface area contributed by atoms with Crippen LogP contribution in [0.15, 0.2) is 85.2 Å². The van der Waals surface area contributed by atoms with Gasteiger partial charge in [-0.1, -0.05) is 12.1 Å². The first kappa shape index (κ1) is 24.0. The Morgan fingerprint density at radius 2 is 1.69 bits per heavy atom. The van der Waals surface area contributed by atoms with Crippen molar-refractivity contribution in [3.63, 3.8) is 0 Å². The van der Waals surface area contributed by atoms with Gasteiger partial charge in [-0.15, -0.1) is 0 Å². The van der Waals surface area contributed by atoms with Crippen LogP contribution >= 0.6 is 12.2 Å². The van der Waals surface area contributed by atoms with Crippen molar-refractivity contribution in [2.24, 2.45) is 0 Å². The molecule has 0 spiro atoms. The first-order valence-electron chi connectivity index (χ1n) is 11.5. The second-order valence-corrected chi connectivity index (χ2v) is 11.1. The van der Waals surface area contributed by atoms with E-state index in [4.69, 9.17) is 12.2 Å². The van der Waals surface area contributed by atoms with Gasteiger partial charge in [0.05, 0.1) is 18.0 Å². The van der Waals surface area contributed by atoms with Crippen LogP contribution in [0, 0.1) is 13.8 Å². The summed E-state index contributed by atoms with van der Waals surface area (Å²) in [6.45, 7) is 4.22. The maximum Gasteiger partial charge on any atom is 0.229 e. The number of sulfonamides is 1. The van der Waals surface area contributed by atoms with E-state index in [0.29, 0.717) is 10.8 Å². The van der Waals surface area contributed by atoms with E-state index < -0.39 is 10.0 Å². The summed E-state index contributed by atoms with van der Waals surface area (Å²) in [7, 11) is -3.37. The molecule has 2 atom stereocenters. The third kappa shape index (κ3) is 4.72. The number of thiocarbonyl (C=S) groups is 1. The van der Waals surface area contributed by atoms with Crippen LogP contribution in [-0.2, 0) is 10.0 Å². The molecule has 1 saturated heterocycles. The van der Waals surface area contributed by atoms with Crippen molar-refractivity contribution in [1.29, 1.82) is 0 Å². The Labute approximate surface area is 216 Å². The maximum atomic E-state index is 11.7. The second-order valence-electron chi connectivity index (χ2n) is 8.99. The van der Waals surface area contributed by atoms with E-state index in [1.54, 1.807) is 18.3 Å². The predicted octanol–water partition coefficient (Wildman–Crippen LogP) is 5.04. The average Bonchev–Trinajstić information content (AvgIpc) is 3.45. The van der Waals surface area contributed by atoms with E-state index in [1.165, 1.54) is 11.1 Å². The number of aryl methyl sites for hydroxylation is 2. The van der Waals surface area contributed by atoms with Crippen molar-refractivity contribution in [1.82, 2.24) is 14.9 Å². The molecular formula is C27H27N5O2S2. The van der Waals surface area contributed by atoms with Crippen LogP contribution in [0.5, 0.6) is 0 Å². The normalized spacial score (nSPS) is 17.8. The van der Waals surface area contributed by atoms with Crippen molar-refractivity contribution in [3.8, 4) is 5.69 Å². The summed E-state index contributed by atoms with van der Waals surface area (Å²) in [5, 5.41) is 4.06. The van der Waals surface area contributed by atoms with Crippen LogP contribution in [0.2, 0.25) is 0 Å². The minimum absolute atomic E-state index is 0.187. The molecule has 5 rings (SSSR count). The highest BCUT2D eigenvalue weighted by Gasteiger charge is 2.42. The lowest BCUT2D eigenvalue weighted by molar-refractivity contribution is 0.549. The number of rotatable bonds is 6. The fourth-order valence-corrected chi connectivity index (χ4v) is 5.49. The van der Waals surface area contributed by atoms with E-state index in [9.17, 15) is 8.42 Å². The third-order valence-corrected chi connectivity index (χ3v) is 7.32. The fraction of sp³-hybridized carbons (Fsp3) is 0.185. The summed E-state index contributed by atoms with van der Waals surface area (Å²) in [6, 6.07) is 23.3. The molecule has 184 valence electrons. The largest absolute Gasteiger partial charge is 0.351 e. The minimum Gasteiger partial charge on any atom is -0.351 e. The first-order chi connectivity index (χ1) is 17.2. The summed E-state index contributed by atoms with van der Waals surface area (Å²) in [4.78, 5) is 6.71.